The largest absolute Gasteiger partial charge is 0.125 e. The van der Waals surface area contributed by atoms with Gasteiger partial charge in [0.05, 0.1) is 0 Å². The van der Waals surface area contributed by atoms with E-state index in [1.807, 2.05) is 0 Å². The quantitative estimate of drug-likeness (QED) is 0.0669. The Morgan fingerprint density at radius 2 is 0.795 bits per heavy atom. The molecule has 39 heavy (non-hydrogen) atoms. The van der Waals surface area contributed by atoms with Gasteiger partial charge in [-0.1, -0.05) is 143 Å². The van der Waals surface area contributed by atoms with Gasteiger partial charge in [-0.3, -0.25) is 0 Å². The second-order valence-corrected chi connectivity index (χ2v) is 14.8. The van der Waals surface area contributed by atoms with Gasteiger partial charge in [0.25, 0.3) is 0 Å². The topological polar surface area (TPSA) is 0 Å². The average molecular weight is 594 g/mol. The van der Waals surface area contributed by atoms with Crippen molar-refractivity contribution < 1.29 is 0 Å². The summed E-state index contributed by atoms with van der Waals surface area (Å²) in [5.41, 5.74) is 1.51. The number of unbranched alkanes of at least 4 members (excludes halogenated alkanes) is 18. The molecule has 0 amide bonds. The fourth-order valence-electron chi connectivity index (χ4n) is 5.05. The lowest BCUT2D eigenvalue weighted by atomic mass is 10.1. The number of rotatable bonds is 29. The molecule has 1 rings (SSSR count). The van der Waals surface area contributed by atoms with Crippen LogP contribution in [0.2, 0.25) is 0 Å². The minimum absolute atomic E-state index is 0.994. The summed E-state index contributed by atoms with van der Waals surface area (Å²) in [5.74, 6) is 3.82. The molecule has 0 unspecified atom stereocenters. The molecule has 0 atom stereocenters. The molecule has 0 heterocycles. The first-order valence-corrected chi connectivity index (χ1v) is 20.1. The first-order valence-electron chi connectivity index (χ1n) is 17.1. The van der Waals surface area contributed by atoms with Gasteiger partial charge in [-0.05, 0) is 67.1 Å². The van der Waals surface area contributed by atoms with E-state index in [1.165, 1.54) is 158 Å². The van der Waals surface area contributed by atoms with Crippen molar-refractivity contribution in [1.29, 1.82) is 0 Å². The first kappa shape index (κ1) is 37.3. The van der Waals surface area contributed by atoms with E-state index in [0.29, 0.717) is 0 Å². The van der Waals surface area contributed by atoms with Crippen LogP contribution in [0.15, 0.2) is 26.8 Å². The van der Waals surface area contributed by atoms with Crippen LogP contribution in [0.25, 0.3) is 0 Å². The lowest BCUT2D eigenvalue weighted by Crippen LogP contribution is -1.94. The smallest absolute Gasteiger partial charge is 0.0344 e. The Morgan fingerprint density at radius 3 is 1.15 bits per heavy atom. The molecule has 1 aromatic rings. The molecule has 0 spiro atoms. The van der Waals surface area contributed by atoms with Crippen molar-refractivity contribution in [3.63, 3.8) is 0 Å². The molecule has 0 saturated heterocycles. The molecular weight excluding hydrogens is 529 g/mol. The summed E-state index contributed by atoms with van der Waals surface area (Å²) < 4.78 is 0. The fourth-order valence-corrected chi connectivity index (χ4v) is 8.87. The molecular formula is C36H65S3. The van der Waals surface area contributed by atoms with Gasteiger partial charge >= 0.3 is 0 Å². The standard InChI is InChI=1S/C36H65S3/c1-5-9-12-15-18-21-24-28-37-34-31-33(27-8-4)32-35(38-29-25-22-19-16-13-10-6-2)36(34)39-30-26-23-20-17-14-11-7-3/h31-32H,4-30H2,1-3H3. The number of aryl methyl sites for hydroxylation is 1. The Labute approximate surface area is 259 Å². The predicted octanol–water partition coefficient (Wildman–Crippen LogP) is 14.0. The Bertz CT molecular complexity index is 616. The third kappa shape index (κ3) is 20.7. The van der Waals surface area contributed by atoms with Gasteiger partial charge in [0, 0.05) is 14.7 Å². The monoisotopic (exact) mass is 593 g/mol. The van der Waals surface area contributed by atoms with E-state index in [0.717, 1.165) is 12.8 Å². The molecule has 0 aliphatic heterocycles. The molecule has 0 fully saturated rings. The SMILES string of the molecule is [CH2]CCc1cc(SCCCCCCCCC)c(SCCCCCCCCC)c(SCCCCCCCCC)c1. The molecule has 1 aromatic carbocycles. The van der Waals surface area contributed by atoms with Crippen molar-refractivity contribution in [1.82, 2.24) is 0 Å². The maximum absolute atomic E-state index is 4.17. The molecule has 0 aliphatic carbocycles. The molecule has 0 saturated carbocycles. The van der Waals surface area contributed by atoms with E-state index in [9.17, 15) is 0 Å². The summed E-state index contributed by atoms with van der Waals surface area (Å²) in [4.78, 5) is 4.75. The van der Waals surface area contributed by atoms with E-state index in [2.05, 4.69) is 75.1 Å². The van der Waals surface area contributed by atoms with Gasteiger partial charge in [0.1, 0.15) is 0 Å². The van der Waals surface area contributed by atoms with Crippen LogP contribution in [0, 0.1) is 6.92 Å². The molecule has 0 N–H and O–H groups in total. The number of benzene rings is 1. The zero-order valence-corrected chi connectivity index (χ0v) is 28.9. The van der Waals surface area contributed by atoms with Gasteiger partial charge in [0.2, 0.25) is 0 Å². The van der Waals surface area contributed by atoms with Crippen LogP contribution in [-0.2, 0) is 6.42 Å². The lowest BCUT2D eigenvalue weighted by Gasteiger charge is -2.17. The second kappa shape index (κ2) is 28.4. The number of hydrogen-bond donors (Lipinski definition) is 0. The number of hydrogen-bond acceptors (Lipinski definition) is 3. The molecule has 1 radical (unpaired) electrons. The summed E-state index contributed by atoms with van der Waals surface area (Å²) in [5, 5.41) is 0. The van der Waals surface area contributed by atoms with E-state index in [4.69, 9.17) is 0 Å². The Morgan fingerprint density at radius 1 is 0.462 bits per heavy atom. The fraction of sp³-hybridized carbons (Fsp3) is 0.806. The van der Waals surface area contributed by atoms with Gasteiger partial charge in [-0.15, -0.1) is 35.3 Å². The summed E-state index contributed by atoms with van der Waals surface area (Å²) >= 11 is 6.46. The lowest BCUT2D eigenvalue weighted by molar-refractivity contribution is 0.603. The second-order valence-electron chi connectivity index (χ2n) is 11.4. The molecule has 0 bridgehead atoms. The van der Waals surface area contributed by atoms with E-state index >= 15 is 0 Å². The van der Waals surface area contributed by atoms with Crippen LogP contribution in [0.5, 0.6) is 0 Å². The Hall–Kier alpha value is 0.270. The molecule has 0 aromatic heterocycles. The summed E-state index contributed by atoms with van der Waals surface area (Å²) in [6.07, 6.45) is 31.5. The van der Waals surface area contributed by atoms with E-state index in [1.54, 1.807) is 14.7 Å². The third-order valence-electron chi connectivity index (χ3n) is 7.55. The van der Waals surface area contributed by atoms with Crippen LogP contribution in [0.3, 0.4) is 0 Å². The highest BCUT2D eigenvalue weighted by Gasteiger charge is 2.13. The third-order valence-corrected chi connectivity index (χ3v) is 11.3. The molecule has 0 nitrogen and oxygen atoms in total. The molecule has 3 heteroatoms. The van der Waals surface area contributed by atoms with E-state index < -0.39 is 0 Å². The van der Waals surface area contributed by atoms with Crippen LogP contribution >= 0.6 is 35.3 Å². The highest BCUT2D eigenvalue weighted by molar-refractivity contribution is 8.03. The van der Waals surface area contributed by atoms with Gasteiger partial charge in [0.15, 0.2) is 0 Å². The zero-order valence-electron chi connectivity index (χ0n) is 26.5. The zero-order chi connectivity index (χ0) is 28.2. The Kier molecular flexibility index (Phi) is 27.2. The maximum atomic E-state index is 4.17. The highest BCUT2D eigenvalue weighted by Crippen LogP contribution is 2.41. The molecule has 227 valence electrons. The normalized spacial score (nSPS) is 11.5. The minimum Gasteiger partial charge on any atom is -0.125 e. The maximum Gasteiger partial charge on any atom is 0.0344 e. The summed E-state index contributed by atoms with van der Waals surface area (Å²) in [6, 6.07) is 5.06. The van der Waals surface area contributed by atoms with Crippen molar-refractivity contribution in [3.8, 4) is 0 Å². The van der Waals surface area contributed by atoms with Crippen molar-refractivity contribution >= 4 is 35.3 Å². The van der Waals surface area contributed by atoms with Gasteiger partial charge in [-0.2, -0.15) is 0 Å². The number of thioether (sulfide) groups is 3. The van der Waals surface area contributed by atoms with Crippen molar-refractivity contribution in [2.24, 2.45) is 0 Å². The van der Waals surface area contributed by atoms with Crippen molar-refractivity contribution in [2.45, 2.75) is 183 Å². The predicted molar refractivity (Wildman–Crippen MR) is 186 cm³/mol. The van der Waals surface area contributed by atoms with Gasteiger partial charge < -0.3 is 0 Å². The molecule has 0 aliphatic rings. The van der Waals surface area contributed by atoms with Crippen LogP contribution in [0.1, 0.15) is 168 Å². The first-order chi connectivity index (χ1) is 19.3. The summed E-state index contributed by atoms with van der Waals surface area (Å²) in [7, 11) is 0. The van der Waals surface area contributed by atoms with Crippen molar-refractivity contribution in [2.75, 3.05) is 17.3 Å². The average Bonchev–Trinajstić information content (AvgIpc) is 2.94. The van der Waals surface area contributed by atoms with Crippen LogP contribution in [0.4, 0.5) is 0 Å². The van der Waals surface area contributed by atoms with Crippen molar-refractivity contribution in [3.05, 3.63) is 24.6 Å². The van der Waals surface area contributed by atoms with Crippen LogP contribution in [-0.4, -0.2) is 17.3 Å². The van der Waals surface area contributed by atoms with Gasteiger partial charge in [-0.25, -0.2) is 0 Å². The van der Waals surface area contributed by atoms with Crippen LogP contribution < -0.4 is 0 Å². The highest BCUT2D eigenvalue weighted by atomic mass is 32.2. The summed E-state index contributed by atoms with van der Waals surface area (Å²) in [6.45, 7) is 11.1. The van der Waals surface area contributed by atoms with E-state index in [-0.39, 0.29) is 0 Å². The Balaban J connectivity index is 2.71. The minimum atomic E-state index is 0.994.